The Labute approximate surface area is 177 Å². The van der Waals surface area contributed by atoms with Crippen LogP contribution < -0.4 is 10.1 Å². The molecular formula is C20H26BN5O3S. The van der Waals surface area contributed by atoms with E-state index in [-0.39, 0.29) is 16.4 Å². The van der Waals surface area contributed by atoms with E-state index < -0.39 is 9.84 Å². The second kappa shape index (κ2) is 7.49. The number of anilines is 2. The van der Waals surface area contributed by atoms with Gasteiger partial charge in [-0.15, -0.1) is 0 Å². The Morgan fingerprint density at radius 3 is 2.47 bits per heavy atom. The number of aromatic nitrogens is 3. The van der Waals surface area contributed by atoms with E-state index in [0.29, 0.717) is 29.5 Å². The Balaban J connectivity index is 1.29. The summed E-state index contributed by atoms with van der Waals surface area (Å²) in [5.41, 5.74) is 1.51. The lowest BCUT2D eigenvalue weighted by Crippen LogP contribution is -2.44. The average molecular weight is 427 g/mol. The quantitative estimate of drug-likeness (QED) is 0.697. The molecule has 2 unspecified atom stereocenters. The number of hydrogen-bond acceptors (Lipinski definition) is 8. The van der Waals surface area contributed by atoms with Crippen molar-refractivity contribution in [2.24, 2.45) is 0 Å². The van der Waals surface area contributed by atoms with Crippen molar-refractivity contribution in [2.75, 3.05) is 5.32 Å². The van der Waals surface area contributed by atoms with Crippen LogP contribution in [0.25, 0.3) is 0 Å². The Morgan fingerprint density at radius 2 is 1.83 bits per heavy atom. The van der Waals surface area contributed by atoms with Gasteiger partial charge >= 0.3 is 0 Å². The van der Waals surface area contributed by atoms with Crippen molar-refractivity contribution in [3.63, 3.8) is 0 Å². The molecule has 3 fully saturated rings. The molecule has 10 heteroatoms. The second-order valence-corrected chi connectivity index (χ2v) is 10.8. The van der Waals surface area contributed by atoms with E-state index in [9.17, 15) is 8.42 Å². The van der Waals surface area contributed by atoms with Crippen LogP contribution in [0.4, 0.5) is 11.5 Å². The van der Waals surface area contributed by atoms with Crippen molar-refractivity contribution in [3.05, 3.63) is 30.2 Å². The van der Waals surface area contributed by atoms with Gasteiger partial charge in [-0.1, -0.05) is 0 Å². The lowest BCUT2D eigenvalue weighted by atomic mass is 9.96. The highest BCUT2D eigenvalue weighted by atomic mass is 32.2. The molecule has 0 radical (unpaired) electrons. The first-order valence-corrected chi connectivity index (χ1v) is 12.1. The molecule has 0 amide bonds. The third-order valence-corrected chi connectivity index (χ3v) is 8.80. The van der Waals surface area contributed by atoms with Gasteiger partial charge in [0.2, 0.25) is 5.88 Å². The molecule has 2 aliphatic heterocycles. The van der Waals surface area contributed by atoms with Crippen LogP contribution in [0.2, 0.25) is 0 Å². The number of sulfone groups is 1. The SMILES string of the molecule is BN1C2CC[C@H]1CC(Oc1ncnc(Nc3ccc(S(=O)(=O)C4CC4)nc3)c1C)C2. The molecule has 2 aromatic heterocycles. The van der Waals surface area contributed by atoms with Gasteiger partial charge in [-0.2, -0.15) is 0 Å². The van der Waals surface area contributed by atoms with Gasteiger partial charge < -0.3 is 14.9 Å². The Hall–Kier alpha value is -2.20. The van der Waals surface area contributed by atoms with Crippen LogP contribution in [0.15, 0.2) is 29.7 Å². The second-order valence-electron chi connectivity index (χ2n) is 8.67. The predicted molar refractivity (Wildman–Crippen MR) is 115 cm³/mol. The monoisotopic (exact) mass is 427 g/mol. The normalized spacial score (nSPS) is 26.5. The van der Waals surface area contributed by atoms with E-state index >= 15 is 0 Å². The number of nitrogens with one attached hydrogen (secondary N) is 1. The maximum absolute atomic E-state index is 12.3. The maximum atomic E-state index is 12.3. The Morgan fingerprint density at radius 1 is 1.10 bits per heavy atom. The van der Waals surface area contributed by atoms with Crippen molar-refractivity contribution in [3.8, 4) is 5.88 Å². The van der Waals surface area contributed by atoms with E-state index in [4.69, 9.17) is 4.74 Å². The first kappa shape index (κ1) is 19.7. The van der Waals surface area contributed by atoms with E-state index in [1.807, 2.05) is 6.92 Å². The summed E-state index contributed by atoms with van der Waals surface area (Å²) in [6.45, 7) is 1.93. The molecule has 1 saturated carbocycles. The number of piperidine rings is 1. The standard InChI is InChI=1S/C20H26BN5O3S/c1-12-19(25-13-2-7-18(22-10-13)30(27,28)17-5-6-17)23-11-24-20(12)29-16-8-14-3-4-15(9-16)26(14)21/h2,7,10-11,14-17H,3-6,8-9,21H2,1H3,(H,23,24,25)/t14-,15?,16?/m0/s1. The molecule has 3 atom stereocenters. The van der Waals surface area contributed by atoms with Crippen LogP contribution in [-0.4, -0.2) is 59.6 Å². The summed E-state index contributed by atoms with van der Waals surface area (Å²) < 4.78 is 30.9. The van der Waals surface area contributed by atoms with Crippen LogP contribution >= 0.6 is 0 Å². The van der Waals surface area contributed by atoms with Gasteiger partial charge in [0.15, 0.2) is 22.8 Å². The Bertz CT molecular complexity index is 1030. The third-order valence-electron chi connectivity index (χ3n) is 6.62. The minimum atomic E-state index is -3.28. The molecule has 2 aromatic rings. The summed E-state index contributed by atoms with van der Waals surface area (Å²) in [4.78, 5) is 15.3. The topological polar surface area (TPSA) is 97.3 Å². The first-order valence-electron chi connectivity index (χ1n) is 10.6. The van der Waals surface area contributed by atoms with Crippen molar-refractivity contribution in [2.45, 2.75) is 73.9 Å². The van der Waals surface area contributed by atoms with Gasteiger partial charge in [0.1, 0.15) is 18.2 Å². The fraction of sp³-hybridized carbons (Fsp3) is 0.550. The fourth-order valence-electron chi connectivity index (χ4n) is 4.60. The predicted octanol–water partition coefficient (Wildman–Crippen LogP) is 1.78. The summed E-state index contributed by atoms with van der Waals surface area (Å²) in [6.07, 6.45) is 9.21. The molecule has 0 aromatic carbocycles. The molecule has 2 bridgehead atoms. The number of fused-ring (bicyclic) bond motifs is 2. The zero-order valence-corrected chi connectivity index (χ0v) is 18.1. The zero-order valence-electron chi connectivity index (χ0n) is 17.3. The van der Waals surface area contributed by atoms with E-state index in [2.05, 4.69) is 33.1 Å². The fourth-order valence-corrected chi connectivity index (χ4v) is 6.16. The highest BCUT2D eigenvalue weighted by Gasteiger charge is 2.39. The number of hydrogen-bond donors (Lipinski definition) is 1. The molecule has 2 saturated heterocycles. The van der Waals surface area contributed by atoms with Crippen LogP contribution in [0.1, 0.15) is 44.1 Å². The minimum absolute atomic E-state index is 0.135. The molecule has 5 rings (SSSR count). The number of nitrogens with zero attached hydrogens (tertiary/aromatic N) is 4. The third kappa shape index (κ3) is 3.67. The lowest BCUT2D eigenvalue weighted by Gasteiger charge is -2.36. The molecule has 1 aliphatic carbocycles. The van der Waals surface area contributed by atoms with Gasteiger partial charge in [0.25, 0.3) is 0 Å². The summed E-state index contributed by atoms with van der Waals surface area (Å²) in [5.74, 6) is 1.23. The van der Waals surface area contributed by atoms with E-state index in [1.165, 1.54) is 25.4 Å². The van der Waals surface area contributed by atoms with Crippen LogP contribution in [0.3, 0.4) is 0 Å². The molecule has 30 heavy (non-hydrogen) atoms. The first-order chi connectivity index (χ1) is 14.4. The highest BCUT2D eigenvalue weighted by Crippen LogP contribution is 2.36. The molecule has 1 N–H and O–H groups in total. The van der Waals surface area contributed by atoms with Crippen LogP contribution in [0, 0.1) is 6.92 Å². The maximum Gasteiger partial charge on any atom is 0.221 e. The summed E-state index contributed by atoms with van der Waals surface area (Å²) >= 11 is 0. The van der Waals surface area contributed by atoms with Gasteiger partial charge in [-0.3, -0.25) is 0 Å². The smallest absolute Gasteiger partial charge is 0.221 e. The minimum Gasteiger partial charge on any atom is -0.474 e. The van der Waals surface area contributed by atoms with Crippen LogP contribution in [0.5, 0.6) is 5.88 Å². The highest BCUT2D eigenvalue weighted by molar-refractivity contribution is 7.92. The van der Waals surface area contributed by atoms with Crippen LogP contribution in [-0.2, 0) is 9.84 Å². The van der Waals surface area contributed by atoms with Gasteiger partial charge in [0, 0.05) is 12.1 Å². The molecule has 4 heterocycles. The van der Waals surface area contributed by atoms with E-state index in [0.717, 1.165) is 31.2 Å². The van der Waals surface area contributed by atoms with Crippen molar-refractivity contribution >= 4 is 29.3 Å². The number of pyridine rings is 1. The van der Waals surface area contributed by atoms with Crippen molar-refractivity contribution < 1.29 is 13.2 Å². The van der Waals surface area contributed by atoms with Gasteiger partial charge in [-0.05, 0) is 57.6 Å². The number of rotatable bonds is 6. The summed E-state index contributed by atoms with van der Waals surface area (Å²) in [5, 5.41) is 3.09. The summed E-state index contributed by atoms with van der Waals surface area (Å²) in [6, 6.07) is 4.48. The Kier molecular flexibility index (Phi) is 4.93. The van der Waals surface area contributed by atoms with E-state index in [1.54, 1.807) is 12.1 Å². The molecule has 0 spiro atoms. The summed E-state index contributed by atoms with van der Waals surface area (Å²) in [7, 11) is -1.07. The molecule has 3 aliphatic rings. The van der Waals surface area contributed by atoms with Gasteiger partial charge in [-0.25, -0.2) is 23.4 Å². The zero-order chi connectivity index (χ0) is 20.9. The average Bonchev–Trinajstić information content (AvgIpc) is 3.55. The molecule has 158 valence electrons. The molecule has 8 nitrogen and oxygen atoms in total. The lowest BCUT2D eigenvalue weighted by molar-refractivity contribution is 0.0922. The van der Waals surface area contributed by atoms with Gasteiger partial charge in [0.05, 0.1) is 22.7 Å². The molecular weight excluding hydrogens is 401 g/mol. The number of ether oxygens (including phenoxy) is 1. The van der Waals surface area contributed by atoms with Crippen molar-refractivity contribution in [1.82, 2.24) is 19.8 Å². The largest absolute Gasteiger partial charge is 0.474 e. The van der Waals surface area contributed by atoms with Crippen molar-refractivity contribution in [1.29, 1.82) is 0 Å².